The van der Waals surface area contributed by atoms with Crippen LogP contribution in [0.5, 0.6) is 5.75 Å². The molecule has 0 radical (unpaired) electrons. The molecule has 1 saturated heterocycles. The highest BCUT2D eigenvalue weighted by atomic mass is 32.2. The van der Waals surface area contributed by atoms with Gasteiger partial charge in [-0.2, -0.15) is 0 Å². The molecule has 0 aliphatic carbocycles. The first-order valence-corrected chi connectivity index (χ1v) is 9.48. The van der Waals surface area contributed by atoms with E-state index in [1.807, 2.05) is 0 Å². The smallest absolute Gasteiger partial charge is 0.234 e. The standard InChI is InChI=1S/C15H24N2O5S/c1-23(19,20)17(15-4-2-3-9-21-15)12-5-7-14(8-6-12)22-11-13(18)10-16/h5-8,13,15,18H,2-4,9-11,16H2,1H3. The molecule has 130 valence electrons. The summed E-state index contributed by atoms with van der Waals surface area (Å²) in [5.41, 5.74) is 5.85. The van der Waals surface area contributed by atoms with Crippen molar-refractivity contribution in [3.8, 4) is 5.75 Å². The van der Waals surface area contributed by atoms with Crippen LogP contribution in [-0.2, 0) is 14.8 Å². The molecule has 1 aromatic rings. The third kappa shape index (κ3) is 5.07. The molecule has 2 unspecified atom stereocenters. The van der Waals surface area contributed by atoms with Gasteiger partial charge in [0.15, 0.2) is 0 Å². The van der Waals surface area contributed by atoms with Crippen molar-refractivity contribution in [3.63, 3.8) is 0 Å². The Hall–Kier alpha value is -1.35. The van der Waals surface area contributed by atoms with Crippen LogP contribution >= 0.6 is 0 Å². The molecular formula is C15H24N2O5S. The molecule has 1 aromatic carbocycles. The van der Waals surface area contributed by atoms with Crippen molar-refractivity contribution in [2.75, 3.05) is 30.3 Å². The number of sulfonamides is 1. The third-order valence-corrected chi connectivity index (χ3v) is 4.74. The fraction of sp³-hybridized carbons (Fsp3) is 0.600. The molecule has 0 aromatic heterocycles. The van der Waals surface area contributed by atoms with Gasteiger partial charge in [0.1, 0.15) is 24.7 Å². The lowest BCUT2D eigenvalue weighted by molar-refractivity contribution is 0.0242. The number of nitrogens with zero attached hydrogens (tertiary/aromatic N) is 1. The van der Waals surface area contributed by atoms with Gasteiger partial charge in [0.05, 0.1) is 11.9 Å². The second-order valence-electron chi connectivity index (χ2n) is 5.57. The van der Waals surface area contributed by atoms with Gasteiger partial charge >= 0.3 is 0 Å². The molecule has 1 aliphatic heterocycles. The van der Waals surface area contributed by atoms with Crippen LogP contribution in [0.2, 0.25) is 0 Å². The minimum absolute atomic E-state index is 0.0946. The van der Waals surface area contributed by atoms with Gasteiger partial charge in [-0.05, 0) is 43.5 Å². The van der Waals surface area contributed by atoms with E-state index < -0.39 is 22.4 Å². The Morgan fingerprint density at radius 2 is 2.09 bits per heavy atom. The van der Waals surface area contributed by atoms with Gasteiger partial charge in [0, 0.05) is 13.2 Å². The molecule has 0 amide bonds. The topological polar surface area (TPSA) is 102 Å². The van der Waals surface area contributed by atoms with E-state index in [1.165, 1.54) is 10.6 Å². The quantitative estimate of drug-likeness (QED) is 0.754. The molecule has 0 saturated carbocycles. The second kappa shape index (κ2) is 7.96. The van der Waals surface area contributed by atoms with Gasteiger partial charge in [0.2, 0.25) is 10.0 Å². The lowest BCUT2D eigenvalue weighted by atomic mass is 10.2. The Morgan fingerprint density at radius 3 is 2.61 bits per heavy atom. The lowest BCUT2D eigenvalue weighted by Gasteiger charge is -2.33. The summed E-state index contributed by atoms with van der Waals surface area (Å²) in [4.78, 5) is 0. The van der Waals surface area contributed by atoms with Crippen LogP contribution in [0.3, 0.4) is 0 Å². The number of rotatable bonds is 7. The maximum absolute atomic E-state index is 12.1. The monoisotopic (exact) mass is 344 g/mol. The van der Waals surface area contributed by atoms with E-state index in [0.717, 1.165) is 12.8 Å². The average molecular weight is 344 g/mol. The fourth-order valence-corrected chi connectivity index (χ4v) is 3.53. The minimum atomic E-state index is -3.45. The number of hydrogen-bond acceptors (Lipinski definition) is 6. The van der Waals surface area contributed by atoms with Crippen LogP contribution in [0.25, 0.3) is 0 Å². The van der Waals surface area contributed by atoms with Crippen molar-refractivity contribution in [2.45, 2.75) is 31.6 Å². The maximum Gasteiger partial charge on any atom is 0.234 e. The SMILES string of the molecule is CS(=O)(=O)N(c1ccc(OCC(O)CN)cc1)C1CCCCO1. The van der Waals surface area contributed by atoms with E-state index in [2.05, 4.69) is 0 Å². The van der Waals surface area contributed by atoms with E-state index >= 15 is 0 Å². The molecule has 8 heteroatoms. The number of aliphatic hydroxyl groups excluding tert-OH is 1. The largest absolute Gasteiger partial charge is 0.491 e. The van der Waals surface area contributed by atoms with Crippen LogP contribution in [0.4, 0.5) is 5.69 Å². The van der Waals surface area contributed by atoms with Crippen molar-refractivity contribution in [2.24, 2.45) is 5.73 Å². The molecule has 3 N–H and O–H groups in total. The summed E-state index contributed by atoms with van der Waals surface area (Å²) >= 11 is 0. The van der Waals surface area contributed by atoms with Crippen molar-refractivity contribution in [1.82, 2.24) is 0 Å². The number of benzene rings is 1. The van der Waals surface area contributed by atoms with Crippen molar-refractivity contribution in [1.29, 1.82) is 0 Å². The van der Waals surface area contributed by atoms with Crippen LogP contribution in [0.15, 0.2) is 24.3 Å². The zero-order valence-electron chi connectivity index (χ0n) is 13.2. The number of aliphatic hydroxyl groups is 1. The second-order valence-corrected chi connectivity index (χ2v) is 7.43. The van der Waals surface area contributed by atoms with Gasteiger partial charge in [-0.1, -0.05) is 0 Å². The predicted molar refractivity (Wildman–Crippen MR) is 87.9 cm³/mol. The molecule has 1 fully saturated rings. The van der Waals surface area contributed by atoms with Crippen molar-refractivity contribution >= 4 is 15.7 Å². The number of anilines is 1. The highest BCUT2D eigenvalue weighted by Gasteiger charge is 2.29. The molecule has 2 atom stereocenters. The Balaban J connectivity index is 2.13. The summed E-state index contributed by atoms with van der Waals surface area (Å²) in [6.45, 7) is 0.783. The van der Waals surface area contributed by atoms with Crippen LogP contribution in [0.1, 0.15) is 19.3 Å². The Labute approximate surface area is 137 Å². The summed E-state index contributed by atoms with van der Waals surface area (Å²) in [5, 5.41) is 9.38. The number of ether oxygens (including phenoxy) is 2. The van der Waals surface area contributed by atoms with Gasteiger partial charge in [-0.25, -0.2) is 12.7 Å². The first kappa shape index (κ1) is 18.0. The van der Waals surface area contributed by atoms with Crippen molar-refractivity contribution in [3.05, 3.63) is 24.3 Å². The molecule has 7 nitrogen and oxygen atoms in total. The number of hydrogen-bond donors (Lipinski definition) is 2. The Kier molecular flexibility index (Phi) is 6.23. The molecule has 1 aliphatic rings. The first-order chi connectivity index (χ1) is 10.9. The van der Waals surface area contributed by atoms with Gasteiger partial charge in [-0.15, -0.1) is 0 Å². The zero-order chi connectivity index (χ0) is 16.9. The summed E-state index contributed by atoms with van der Waals surface area (Å²) in [7, 11) is -3.45. The third-order valence-electron chi connectivity index (χ3n) is 3.58. The normalized spacial score (nSPS) is 20.0. The first-order valence-electron chi connectivity index (χ1n) is 7.64. The number of nitrogens with two attached hydrogens (primary N) is 1. The molecule has 0 bridgehead atoms. The van der Waals surface area contributed by atoms with Crippen LogP contribution in [-0.4, -0.2) is 51.9 Å². The van der Waals surface area contributed by atoms with Gasteiger partial charge in [0.25, 0.3) is 0 Å². The van der Waals surface area contributed by atoms with Gasteiger partial charge < -0.3 is 20.3 Å². The van der Waals surface area contributed by atoms with E-state index in [9.17, 15) is 13.5 Å². The molecular weight excluding hydrogens is 320 g/mol. The maximum atomic E-state index is 12.1. The zero-order valence-corrected chi connectivity index (χ0v) is 14.0. The Bertz CT molecular complexity index is 584. The fourth-order valence-electron chi connectivity index (χ4n) is 2.43. The minimum Gasteiger partial charge on any atom is -0.491 e. The lowest BCUT2D eigenvalue weighted by Crippen LogP contribution is -2.43. The molecule has 23 heavy (non-hydrogen) atoms. The highest BCUT2D eigenvalue weighted by molar-refractivity contribution is 7.92. The highest BCUT2D eigenvalue weighted by Crippen LogP contribution is 2.28. The van der Waals surface area contributed by atoms with E-state index in [1.54, 1.807) is 24.3 Å². The van der Waals surface area contributed by atoms with E-state index in [4.69, 9.17) is 15.2 Å². The summed E-state index contributed by atoms with van der Waals surface area (Å²) in [5.74, 6) is 0.541. The summed E-state index contributed by atoms with van der Waals surface area (Å²) < 4.78 is 36.6. The average Bonchev–Trinajstić information content (AvgIpc) is 2.53. The van der Waals surface area contributed by atoms with Crippen LogP contribution in [0, 0.1) is 0 Å². The molecule has 2 rings (SSSR count). The summed E-state index contributed by atoms with van der Waals surface area (Å²) in [6.07, 6.45) is 2.54. The van der Waals surface area contributed by atoms with Crippen LogP contribution < -0.4 is 14.8 Å². The van der Waals surface area contributed by atoms with E-state index in [0.29, 0.717) is 24.5 Å². The van der Waals surface area contributed by atoms with Crippen molar-refractivity contribution < 1.29 is 23.0 Å². The summed E-state index contributed by atoms with van der Waals surface area (Å²) in [6, 6.07) is 6.67. The molecule has 1 heterocycles. The molecule has 0 spiro atoms. The van der Waals surface area contributed by atoms with Gasteiger partial charge in [-0.3, -0.25) is 0 Å². The van der Waals surface area contributed by atoms with E-state index in [-0.39, 0.29) is 13.2 Å². The predicted octanol–water partition coefficient (Wildman–Crippen LogP) is 0.678. The Morgan fingerprint density at radius 1 is 1.39 bits per heavy atom.